The minimum Gasteiger partial charge on any atom is -0.465 e. The van der Waals surface area contributed by atoms with Crippen molar-refractivity contribution in [2.45, 2.75) is 18.4 Å². The van der Waals surface area contributed by atoms with Gasteiger partial charge in [0.1, 0.15) is 0 Å². The van der Waals surface area contributed by atoms with Gasteiger partial charge in [-0.05, 0) is 54.4 Å². The number of amides is 2. The quantitative estimate of drug-likeness (QED) is 0.634. The fourth-order valence-electron chi connectivity index (χ4n) is 3.12. The Balaban J connectivity index is 1.38. The van der Waals surface area contributed by atoms with E-state index in [1.54, 1.807) is 30.6 Å². The fourth-order valence-corrected chi connectivity index (χ4v) is 3.12. The number of carboxylic acid groups (broad SMARTS) is 1. The van der Waals surface area contributed by atoms with Gasteiger partial charge in [-0.1, -0.05) is 12.1 Å². The molecule has 1 heterocycles. The molecule has 0 spiro atoms. The van der Waals surface area contributed by atoms with E-state index in [9.17, 15) is 9.59 Å². The van der Waals surface area contributed by atoms with Gasteiger partial charge in [-0.25, -0.2) is 14.8 Å². The number of anilines is 1. The molecule has 2 amide bonds. The van der Waals surface area contributed by atoms with E-state index in [2.05, 4.69) is 20.6 Å². The van der Waals surface area contributed by atoms with Crippen LogP contribution in [0.25, 0.3) is 11.4 Å². The van der Waals surface area contributed by atoms with Crippen LogP contribution in [0.1, 0.15) is 28.3 Å². The number of carbonyl (C=O) groups is 2. The van der Waals surface area contributed by atoms with Crippen LogP contribution < -0.4 is 10.6 Å². The third-order valence-electron chi connectivity index (χ3n) is 4.67. The fraction of sp³-hybridized carbons (Fsp3) is 0.143. The molecule has 7 nitrogen and oxygen atoms in total. The van der Waals surface area contributed by atoms with E-state index >= 15 is 0 Å². The largest absolute Gasteiger partial charge is 0.465 e. The molecule has 0 bridgehead atoms. The van der Waals surface area contributed by atoms with Crippen LogP contribution in [0.5, 0.6) is 0 Å². The van der Waals surface area contributed by atoms with Crippen LogP contribution in [0.2, 0.25) is 0 Å². The smallest absolute Gasteiger partial charge is 0.404 e. The SMILES string of the molecule is O=C(O)NC1CC1c1ccc(C(=O)Nc2ccc(-c3ncccn3)cc2)cc1. The third-order valence-corrected chi connectivity index (χ3v) is 4.67. The van der Waals surface area contributed by atoms with E-state index in [1.165, 1.54) is 0 Å². The number of nitrogens with one attached hydrogen (secondary N) is 2. The summed E-state index contributed by atoms with van der Waals surface area (Å²) in [5, 5.41) is 14.1. The highest BCUT2D eigenvalue weighted by Crippen LogP contribution is 2.40. The van der Waals surface area contributed by atoms with E-state index < -0.39 is 6.09 Å². The van der Waals surface area contributed by atoms with Crippen LogP contribution >= 0.6 is 0 Å². The van der Waals surface area contributed by atoms with Crippen LogP contribution in [-0.4, -0.2) is 33.1 Å². The van der Waals surface area contributed by atoms with Gasteiger partial charge in [0.05, 0.1) is 0 Å². The number of benzene rings is 2. The van der Waals surface area contributed by atoms with Crippen LogP contribution in [-0.2, 0) is 0 Å². The van der Waals surface area contributed by atoms with Crippen molar-refractivity contribution in [3.8, 4) is 11.4 Å². The summed E-state index contributed by atoms with van der Waals surface area (Å²) in [7, 11) is 0. The second-order valence-corrected chi connectivity index (χ2v) is 6.62. The molecule has 1 fully saturated rings. The molecule has 1 aliphatic carbocycles. The zero-order valence-corrected chi connectivity index (χ0v) is 14.9. The van der Waals surface area contributed by atoms with Crippen molar-refractivity contribution < 1.29 is 14.7 Å². The molecule has 2 aromatic carbocycles. The molecule has 4 rings (SSSR count). The van der Waals surface area contributed by atoms with Crippen molar-refractivity contribution in [2.75, 3.05) is 5.32 Å². The lowest BCUT2D eigenvalue weighted by Crippen LogP contribution is -2.24. The number of rotatable bonds is 5. The first-order valence-electron chi connectivity index (χ1n) is 8.88. The highest BCUT2D eigenvalue weighted by molar-refractivity contribution is 6.04. The Morgan fingerprint density at radius 2 is 1.64 bits per heavy atom. The Hall–Kier alpha value is -3.74. The summed E-state index contributed by atoms with van der Waals surface area (Å²) >= 11 is 0. The predicted molar refractivity (Wildman–Crippen MR) is 104 cm³/mol. The maximum atomic E-state index is 12.4. The van der Waals surface area contributed by atoms with Gasteiger partial charge in [-0.15, -0.1) is 0 Å². The standard InChI is InChI=1S/C21H18N4O3/c26-20(15-4-2-13(3-5-15)17-12-18(17)25-21(27)28)24-16-8-6-14(7-9-16)19-22-10-1-11-23-19/h1-11,17-18,25H,12H2,(H,24,26)(H,27,28). The molecule has 28 heavy (non-hydrogen) atoms. The summed E-state index contributed by atoms with van der Waals surface area (Å²) < 4.78 is 0. The lowest BCUT2D eigenvalue weighted by molar-refractivity contribution is 0.102. The average molecular weight is 374 g/mol. The molecule has 0 radical (unpaired) electrons. The highest BCUT2D eigenvalue weighted by atomic mass is 16.4. The number of hydrogen-bond donors (Lipinski definition) is 3. The summed E-state index contributed by atoms with van der Waals surface area (Å²) in [5.74, 6) is 0.610. The topological polar surface area (TPSA) is 104 Å². The van der Waals surface area contributed by atoms with Crippen molar-refractivity contribution >= 4 is 17.7 Å². The molecular weight excluding hydrogens is 356 g/mol. The summed E-state index contributed by atoms with van der Waals surface area (Å²) in [5.41, 5.74) is 3.13. The molecule has 3 N–H and O–H groups in total. The highest BCUT2D eigenvalue weighted by Gasteiger charge is 2.39. The molecule has 2 unspecified atom stereocenters. The van der Waals surface area contributed by atoms with E-state index in [0.717, 1.165) is 17.5 Å². The van der Waals surface area contributed by atoms with Crippen molar-refractivity contribution in [3.63, 3.8) is 0 Å². The molecule has 2 atom stereocenters. The first-order valence-corrected chi connectivity index (χ1v) is 8.88. The van der Waals surface area contributed by atoms with Crippen molar-refractivity contribution in [1.82, 2.24) is 15.3 Å². The van der Waals surface area contributed by atoms with E-state index in [4.69, 9.17) is 5.11 Å². The number of hydrogen-bond acceptors (Lipinski definition) is 4. The Kier molecular flexibility index (Phi) is 4.72. The van der Waals surface area contributed by atoms with Gasteiger partial charge >= 0.3 is 6.09 Å². The average Bonchev–Trinajstić information content (AvgIpc) is 3.47. The minimum atomic E-state index is -1.01. The van der Waals surface area contributed by atoms with E-state index in [0.29, 0.717) is 17.1 Å². The minimum absolute atomic E-state index is 0.0377. The van der Waals surface area contributed by atoms with Crippen LogP contribution in [0.3, 0.4) is 0 Å². The van der Waals surface area contributed by atoms with Crippen LogP contribution in [0.4, 0.5) is 10.5 Å². The van der Waals surface area contributed by atoms with Crippen molar-refractivity contribution in [2.24, 2.45) is 0 Å². The maximum Gasteiger partial charge on any atom is 0.404 e. The van der Waals surface area contributed by atoms with E-state index in [-0.39, 0.29) is 17.9 Å². The van der Waals surface area contributed by atoms with Gasteiger partial charge in [-0.2, -0.15) is 0 Å². The second-order valence-electron chi connectivity index (χ2n) is 6.62. The summed E-state index contributed by atoms with van der Waals surface area (Å²) in [6.07, 6.45) is 3.15. The van der Waals surface area contributed by atoms with Gasteiger partial charge in [0.15, 0.2) is 5.82 Å². The van der Waals surface area contributed by atoms with Gasteiger partial charge in [-0.3, -0.25) is 4.79 Å². The van der Waals surface area contributed by atoms with Crippen molar-refractivity contribution in [1.29, 1.82) is 0 Å². The summed E-state index contributed by atoms with van der Waals surface area (Å²) in [4.78, 5) is 31.5. The lowest BCUT2D eigenvalue weighted by atomic mass is 10.1. The molecule has 7 heteroatoms. The Morgan fingerprint density at radius 1 is 0.964 bits per heavy atom. The molecule has 1 saturated carbocycles. The zero-order valence-electron chi connectivity index (χ0n) is 14.9. The first-order chi connectivity index (χ1) is 13.6. The number of nitrogens with zero attached hydrogens (tertiary/aromatic N) is 2. The molecule has 3 aromatic rings. The second kappa shape index (κ2) is 7.48. The van der Waals surface area contributed by atoms with Gasteiger partial charge in [0.25, 0.3) is 5.91 Å². The monoisotopic (exact) mass is 374 g/mol. The number of carbonyl (C=O) groups excluding carboxylic acids is 1. The number of aromatic nitrogens is 2. The Bertz CT molecular complexity index is 988. The van der Waals surface area contributed by atoms with E-state index in [1.807, 2.05) is 36.4 Å². The van der Waals surface area contributed by atoms with Crippen LogP contribution in [0.15, 0.2) is 67.0 Å². The molecule has 140 valence electrons. The Morgan fingerprint density at radius 3 is 2.29 bits per heavy atom. The molecule has 1 aliphatic rings. The van der Waals surface area contributed by atoms with Crippen LogP contribution in [0, 0.1) is 0 Å². The normalized spacial score (nSPS) is 17.6. The van der Waals surface area contributed by atoms with Gasteiger partial charge in [0, 0.05) is 41.2 Å². The summed E-state index contributed by atoms with van der Waals surface area (Å²) in [6.45, 7) is 0. The predicted octanol–water partition coefficient (Wildman–Crippen LogP) is 3.52. The first kappa shape index (κ1) is 17.7. The molecule has 0 saturated heterocycles. The maximum absolute atomic E-state index is 12.4. The Labute approximate surface area is 161 Å². The lowest BCUT2D eigenvalue weighted by Gasteiger charge is -2.07. The van der Waals surface area contributed by atoms with Gasteiger partial charge < -0.3 is 15.7 Å². The molecule has 0 aliphatic heterocycles. The molecule has 1 aromatic heterocycles. The zero-order chi connectivity index (χ0) is 19.5. The summed E-state index contributed by atoms with van der Waals surface area (Å²) in [6, 6.07) is 16.3. The van der Waals surface area contributed by atoms with Crippen molar-refractivity contribution in [3.05, 3.63) is 78.1 Å². The third kappa shape index (κ3) is 3.98. The molecular formula is C21H18N4O3. The van der Waals surface area contributed by atoms with Gasteiger partial charge in [0.2, 0.25) is 0 Å².